The average molecular weight is 1010 g/mol. The zero-order valence-corrected chi connectivity index (χ0v) is 47.7. The molecule has 0 saturated carbocycles. The summed E-state index contributed by atoms with van der Waals surface area (Å²) in [6.07, 6.45) is 77.5. The van der Waals surface area contributed by atoms with Gasteiger partial charge in [-0.3, -0.25) is 14.4 Å². The third-order valence-electron chi connectivity index (χ3n) is 13.4. The summed E-state index contributed by atoms with van der Waals surface area (Å²) in [5, 5.41) is 0. The lowest BCUT2D eigenvalue weighted by Crippen LogP contribution is -2.30. The molecular weight excluding hydrogens is 889 g/mol. The molecule has 0 aliphatic rings. The number of hydrogen-bond donors (Lipinski definition) is 0. The van der Waals surface area contributed by atoms with Crippen LogP contribution in [0.2, 0.25) is 0 Å². The second kappa shape index (κ2) is 60.4. The van der Waals surface area contributed by atoms with E-state index in [4.69, 9.17) is 14.2 Å². The number of carbonyl (C=O) groups is 3. The average Bonchev–Trinajstić information content (AvgIpc) is 3.38. The van der Waals surface area contributed by atoms with E-state index in [1.54, 1.807) is 0 Å². The van der Waals surface area contributed by atoms with Crippen LogP contribution in [0, 0.1) is 0 Å². The van der Waals surface area contributed by atoms with Crippen molar-refractivity contribution in [3.63, 3.8) is 0 Å². The first kappa shape index (κ1) is 68.8. The number of ether oxygens (including phenoxy) is 3. The molecule has 6 heteroatoms. The van der Waals surface area contributed by atoms with Gasteiger partial charge in [-0.2, -0.15) is 0 Å². The maximum atomic E-state index is 12.9. The van der Waals surface area contributed by atoms with Crippen molar-refractivity contribution in [2.45, 2.75) is 316 Å². The Morgan fingerprint density at radius 1 is 0.292 bits per heavy atom. The Morgan fingerprint density at radius 3 is 0.875 bits per heavy atom. The Balaban J connectivity index is 4.42. The van der Waals surface area contributed by atoms with Gasteiger partial charge in [0, 0.05) is 19.3 Å². The summed E-state index contributed by atoms with van der Waals surface area (Å²) in [6.45, 7) is 6.53. The highest BCUT2D eigenvalue weighted by Gasteiger charge is 2.19. The van der Waals surface area contributed by atoms with Crippen molar-refractivity contribution < 1.29 is 28.6 Å². The number of carbonyl (C=O) groups excluding carboxylic acids is 3. The zero-order chi connectivity index (χ0) is 52.2. The maximum Gasteiger partial charge on any atom is 0.306 e. The second-order valence-electron chi connectivity index (χ2n) is 20.6. The molecule has 0 aromatic carbocycles. The van der Waals surface area contributed by atoms with Crippen LogP contribution in [-0.2, 0) is 28.6 Å². The number of hydrogen-bond acceptors (Lipinski definition) is 6. The van der Waals surface area contributed by atoms with Crippen LogP contribution < -0.4 is 0 Å². The van der Waals surface area contributed by atoms with Crippen LogP contribution in [0.15, 0.2) is 72.9 Å². The molecule has 0 N–H and O–H groups in total. The van der Waals surface area contributed by atoms with Gasteiger partial charge < -0.3 is 14.2 Å². The van der Waals surface area contributed by atoms with Gasteiger partial charge in [-0.25, -0.2) is 0 Å². The number of esters is 3. The van der Waals surface area contributed by atoms with Gasteiger partial charge in [0.2, 0.25) is 0 Å². The fourth-order valence-corrected chi connectivity index (χ4v) is 8.82. The molecular formula is C66H116O6. The van der Waals surface area contributed by atoms with Crippen LogP contribution in [-0.4, -0.2) is 37.2 Å². The van der Waals surface area contributed by atoms with Gasteiger partial charge in [-0.1, -0.05) is 273 Å². The van der Waals surface area contributed by atoms with Gasteiger partial charge in [0.05, 0.1) is 0 Å². The number of allylic oxidation sites excluding steroid dienone is 12. The third-order valence-corrected chi connectivity index (χ3v) is 13.4. The normalized spacial score (nSPS) is 12.5. The standard InChI is InChI=1S/C66H116O6/c1-4-7-10-13-16-19-22-25-28-31-33-35-38-41-44-47-50-53-56-59-65(68)71-62-63(61-70-64(67)58-55-52-49-46-43-40-37-30-27-24-21-18-15-12-9-6-3)72-66(69)60-57-54-51-48-45-42-39-36-34-32-29-26-23-20-17-14-11-8-5-2/h7,10,16,19,25-26,28-29,33,35,41,44,63H,4-6,8-9,11-15,17-18,20-24,27,30-32,34,36-40,42-43,45-62H2,1-3H3/b10-7+,19-16+,28-25+,29-26+,35-33+,44-41+/t63-/m1/s1. The molecule has 0 aliphatic heterocycles. The molecule has 0 spiro atoms. The predicted octanol–water partition coefficient (Wildman–Crippen LogP) is 20.9. The molecule has 0 saturated heterocycles. The predicted molar refractivity (Wildman–Crippen MR) is 311 cm³/mol. The first-order valence-electron chi connectivity index (χ1n) is 30.9. The number of rotatable bonds is 56. The van der Waals surface area contributed by atoms with Gasteiger partial charge in [0.25, 0.3) is 0 Å². The van der Waals surface area contributed by atoms with E-state index in [2.05, 4.69) is 93.7 Å². The maximum absolute atomic E-state index is 12.9. The van der Waals surface area contributed by atoms with E-state index in [1.807, 2.05) is 0 Å². The van der Waals surface area contributed by atoms with Crippen molar-refractivity contribution in [2.24, 2.45) is 0 Å². The van der Waals surface area contributed by atoms with Crippen LogP contribution in [0.25, 0.3) is 0 Å². The Kier molecular flexibility index (Phi) is 57.8. The van der Waals surface area contributed by atoms with Crippen molar-refractivity contribution in [3.05, 3.63) is 72.9 Å². The summed E-state index contributed by atoms with van der Waals surface area (Å²) in [6, 6.07) is 0. The summed E-state index contributed by atoms with van der Waals surface area (Å²) in [4.78, 5) is 38.3. The lowest BCUT2D eigenvalue weighted by atomic mass is 10.0. The minimum absolute atomic E-state index is 0.0839. The van der Waals surface area contributed by atoms with E-state index >= 15 is 0 Å². The Bertz CT molecular complexity index is 1340. The molecule has 0 fully saturated rings. The van der Waals surface area contributed by atoms with Crippen molar-refractivity contribution in [3.8, 4) is 0 Å². The highest BCUT2D eigenvalue weighted by Crippen LogP contribution is 2.16. The van der Waals surface area contributed by atoms with E-state index in [9.17, 15) is 14.4 Å². The molecule has 0 aliphatic carbocycles. The molecule has 0 radical (unpaired) electrons. The summed E-state index contributed by atoms with van der Waals surface area (Å²) in [5.74, 6) is -0.905. The summed E-state index contributed by atoms with van der Waals surface area (Å²) in [7, 11) is 0. The Labute approximate surface area is 446 Å². The molecule has 72 heavy (non-hydrogen) atoms. The molecule has 1 atom stereocenters. The Morgan fingerprint density at radius 2 is 0.542 bits per heavy atom. The Hall–Kier alpha value is -3.15. The molecule has 0 rings (SSSR count). The smallest absolute Gasteiger partial charge is 0.306 e. The SMILES string of the molecule is CC/C=C/C/C=C/C/C=C/C/C=C/C/C=C/CCCCCC(=O)OC[C@@H](COC(=O)CCCCCCCCCCCCCCCCCC)OC(=O)CCCCCCCCCCC/C=C/CCCCCCCC. The van der Waals surface area contributed by atoms with E-state index in [0.29, 0.717) is 19.3 Å². The van der Waals surface area contributed by atoms with E-state index in [1.165, 1.54) is 173 Å². The second-order valence-corrected chi connectivity index (χ2v) is 20.6. The van der Waals surface area contributed by atoms with E-state index in [-0.39, 0.29) is 31.1 Å². The topological polar surface area (TPSA) is 78.9 Å². The lowest BCUT2D eigenvalue weighted by Gasteiger charge is -2.18. The fraction of sp³-hybridized carbons (Fsp3) is 0.773. The van der Waals surface area contributed by atoms with Gasteiger partial charge in [-0.05, 0) is 89.9 Å². The lowest BCUT2D eigenvalue weighted by molar-refractivity contribution is -0.167. The first-order chi connectivity index (χ1) is 35.5. The monoisotopic (exact) mass is 1000 g/mol. The zero-order valence-electron chi connectivity index (χ0n) is 47.7. The summed E-state index contributed by atoms with van der Waals surface area (Å²) >= 11 is 0. The van der Waals surface area contributed by atoms with Crippen LogP contribution in [0.1, 0.15) is 310 Å². The molecule has 416 valence electrons. The quantitative estimate of drug-likeness (QED) is 0.0261. The molecule has 0 heterocycles. The van der Waals surface area contributed by atoms with Crippen LogP contribution in [0.4, 0.5) is 0 Å². The minimum atomic E-state index is -0.790. The van der Waals surface area contributed by atoms with E-state index < -0.39 is 6.10 Å². The van der Waals surface area contributed by atoms with Crippen LogP contribution in [0.3, 0.4) is 0 Å². The molecule has 0 bridgehead atoms. The van der Waals surface area contributed by atoms with Gasteiger partial charge in [-0.15, -0.1) is 0 Å². The molecule has 0 amide bonds. The highest BCUT2D eigenvalue weighted by atomic mass is 16.6. The van der Waals surface area contributed by atoms with Gasteiger partial charge in [0.1, 0.15) is 13.2 Å². The van der Waals surface area contributed by atoms with Crippen molar-refractivity contribution in [1.29, 1.82) is 0 Å². The van der Waals surface area contributed by atoms with Crippen molar-refractivity contribution in [2.75, 3.05) is 13.2 Å². The van der Waals surface area contributed by atoms with Crippen molar-refractivity contribution >= 4 is 17.9 Å². The van der Waals surface area contributed by atoms with E-state index in [0.717, 1.165) is 96.3 Å². The third kappa shape index (κ3) is 57.7. The number of unbranched alkanes of at least 4 members (excludes halogenated alkanes) is 33. The van der Waals surface area contributed by atoms with Gasteiger partial charge in [0.15, 0.2) is 6.10 Å². The summed E-state index contributed by atoms with van der Waals surface area (Å²) in [5.41, 5.74) is 0. The highest BCUT2D eigenvalue weighted by molar-refractivity contribution is 5.71. The first-order valence-corrected chi connectivity index (χ1v) is 30.9. The minimum Gasteiger partial charge on any atom is -0.462 e. The molecule has 6 nitrogen and oxygen atoms in total. The van der Waals surface area contributed by atoms with Crippen LogP contribution in [0.5, 0.6) is 0 Å². The molecule has 0 aromatic rings. The van der Waals surface area contributed by atoms with Gasteiger partial charge >= 0.3 is 17.9 Å². The molecule has 0 aromatic heterocycles. The summed E-state index contributed by atoms with van der Waals surface area (Å²) < 4.78 is 16.9. The fourth-order valence-electron chi connectivity index (χ4n) is 8.82. The molecule has 0 unspecified atom stereocenters. The van der Waals surface area contributed by atoms with Crippen molar-refractivity contribution in [1.82, 2.24) is 0 Å². The largest absolute Gasteiger partial charge is 0.462 e. The van der Waals surface area contributed by atoms with Crippen LogP contribution >= 0.6 is 0 Å².